The van der Waals surface area contributed by atoms with Crippen LogP contribution in [0.25, 0.3) is 0 Å². The van der Waals surface area contributed by atoms with Gasteiger partial charge in [-0.05, 0) is 149 Å². The van der Waals surface area contributed by atoms with E-state index in [1.54, 1.807) is 12.1 Å². The summed E-state index contributed by atoms with van der Waals surface area (Å²) in [5.41, 5.74) is 14.6. The molecule has 8 rings (SSSR count). The quantitative estimate of drug-likeness (QED) is 0.00913. The monoisotopic (exact) mass is 1360 g/mol. The van der Waals surface area contributed by atoms with E-state index in [1.807, 2.05) is 125 Å². The van der Waals surface area contributed by atoms with Crippen molar-refractivity contribution in [2.45, 2.75) is 76.5 Å². The zero-order valence-electron chi connectivity index (χ0n) is 46.7. The number of carboxylic acids is 1. The van der Waals surface area contributed by atoms with Gasteiger partial charge in [0, 0.05) is 97.3 Å². The number of pyridine rings is 5. The molecule has 0 spiro atoms. The number of nitrogen functional groups attached to an aromatic ring is 1. The number of carbonyl (C=O) groups is 1. The number of fused-ring (bicyclic) bond motifs is 1. The van der Waals surface area contributed by atoms with Crippen LogP contribution in [-0.4, -0.2) is 104 Å². The van der Waals surface area contributed by atoms with Gasteiger partial charge in [-0.2, -0.15) is 17.4 Å². The molecular weight excluding hydrogens is 1290 g/mol. The number of halogens is 2. The number of nitrogens with one attached hydrogen (secondary N) is 4. The number of aromatic nitrogens is 7. The first-order chi connectivity index (χ1) is 38.8. The second-order valence-corrected chi connectivity index (χ2v) is 17.9. The van der Waals surface area contributed by atoms with Crippen LogP contribution >= 0.6 is 31.9 Å². The van der Waals surface area contributed by atoms with Crippen LogP contribution < -0.4 is 82.8 Å². The van der Waals surface area contributed by atoms with Gasteiger partial charge < -0.3 is 67.4 Å². The third-order valence-electron chi connectivity index (χ3n) is 10.7. The molecule has 7 heterocycles. The Hall–Kier alpha value is -6.56. The number of oxime groups is 1. The molecule has 1 atom stereocenters. The van der Waals surface area contributed by atoms with Crippen molar-refractivity contribution in [3.63, 3.8) is 0 Å². The molecule has 0 fully saturated rings. The van der Waals surface area contributed by atoms with Gasteiger partial charge in [-0.1, -0.05) is 46.7 Å². The number of nitrogens with zero attached hydrogens (tertiary/aromatic N) is 9. The maximum absolute atomic E-state index is 11.4. The molecule has 24 nitrogen and oxygen atoms in total. The molecule has 0 radical (unpaired) electrons. The number of nitriles is 1. The molecule has 0 aliphatic carbocycles. The Morgan fingerprint density at radius 1 is 0.707 bits per heavy atom. The summed E-state index contributed by atoms with van der Waals surface area (Å²) in [6, 6.07) is 36.3. The fourth-order valence-corrected chi connectivity index (χ4v) is 7.59. The largest absolute Gasteiger partial charge is 1.00 e. The zero-order valence-corrected chi connectivity index (χ0v) is 53.4. The number of benzene rings is 1. The van der Waals surface area contributed by atoms with Crippen LogP contribution in [0.15, 0.2) is 128 Å². The second-order valence-electron chi connectivity index (χ2n) is 16.3. The predicted molar refractivity (Wildman–Crippen MR) is 314 cm³/mol. The number of ether oxygens (including phenoxy) is 2. The number of aryl methyl sites for hydroxylation is 4. The molecule has 1 aliphatic heterocycles. The first kappa shape index (κ1) is 75.4. The minimum atomic E-state index is -0.890. The van der Waals surface area contributed by atoms with Crippen LogP contribution in [0.4, 0.5) is 29.1 Å². The number of unbranched alkanes of at least 4 members (excludes halogenated alkanes) is 1. The van der Waals surface area contributed by atoms with Gasteiger partial charge in [0.15, 0.2) is 17.3 Å². The first-order valence-electron chi connectivity index (χ1n) is 24.9. The van der Waals surface area contributed by atoms with Gasteiger partial charge in [0.2, 0.25) is 12.7 Å². The van der Waals surface area contributed by atoms with Crippen molar-refractivity contribution in [3.05, 3.63) is 153 Å². The van der Waals surface area contributed by atoms with Crippen molar-refractivity contribution in [1.29, 1.82) is 5.26 Å². The molecule has 6 aromatic heterocycles. The van der Waals surface area contributed by atoms with Crippen molar-refractivity contribution in [3.8, 4) is 17.6 Å². The van der Waals surface area contributed by atoms with Crippen molar-refractivity contribution >= 4 is 72.8 Å². The van der Waals surface area contributed by atoms with Crippen LogP contribution in [0.5, 0.6) is 11.5 Å². The van der Waals surface area contributed by atoms with Gasteiger partial charge in [0.05, 0.1) is 12.5 Å². The normalized spacial score (nSPS) is 10.6. The number of hydrogen-bond acceptors (Lipinski definition) is 22. The minimum Gasteiger partial charge on any atom is -0.857 e. The van der Waals surface area contributed by atoms with Crippen molar-refractivity contribution in [1.82, 2.24) is 35.1 Å². The number of nitrogens with two attached hydrogens (primary N) is 3. The maximum Gasteiger partial charge on any atom is 1.00 e. The summed E-state index contributed by atoms with van der Waals surface area (Å²) in [6.07, 6.45) is 7.19. The van der Waals surface area contributed by atoms with E-state index in [4.69, 9.17) is 46.2 Å². The molecule has 28 heteroatoms. The first-order valence-corrected chi connectivity index (χ1v) is 26.5. The van der Waals surface area contributed by atoms with E-state index in [9.17, 15) is 9.90 Å². The third-order valence-corrected chi connectivity index (χ3v) is 11.5. The third kappa shape index (κ3) is 31.6. The van der Waals surface area contributed by atoms with Crippen LogP contribution in [-0.2, 0) is 57.3 Å². The summed E-state index contributed by atoms with van der Waals surface area (Å²) in [7, 11) is 8.12. The molecule has 13 N–H and O–H groups in total. The van der Waals surface area contributed by atoms with Crippen LogP contribution in [0, 0.1) is 11.3 Å². The summed E-state index contributed by atoms with van der Waals surface area (Å²) >= 11 is 6.42. The predicted octanol–water partition coefficient (Wildman–Crippen LogP) is 5.00. The number of hydrogen-bond donors (Lipinski definition) is 10. The number of carboxylic acid groups (broad SMARTS) is 1. The average molecular weight is 1360 g/mol. The molecule has 7 aromatic rings. The topological polar surface area (TPSA) is 385 Å². The molecular formula is C54H71Br2N16NaO8Pd. The van der Waals surface area contributed by atoms with Gasteiger partial charge in [0.1, 0.15) is 44.1 Å². The minimum absolute atomic E-state index is 0. The molecule has 1 aliphatic rings. The van der Waals surface area contributed by atoms with E-state index < -0.39 is 5.97 Å². The average Bonchev–Trinajstić information content (AvgIpc) is 4.24. The SMILES string of the molecule is CNc1cccc(Br)n1.CNc1cccc(CCCC#N)n1.CNc1cccc(CCCC(N)=NO)n1.CNc1cccc(CCCc2noc(CC(CC(=O)O)c3ccc4c(c3)OCO4)n2)n1.C[O-].NO.Nc1cccc(Br)n1.[Na+].[Pd]. The van der Waals surface area contributed by atoms with E-state index >= 15 is 0 Å². The Labute approximate surface area is 531 Å². The number of aliphatic carboxylic acids is 1. The van der Waals surface area contributed by atoms with Gasteiger partial charge >= 0.3 is 35.5 Å². The standard InChI is InChI=1S/C22H24N4O5.C10H16N4O.C10H13N3.C6H7BrN2.C5H5BrN2.CH3O.H3NO.Na.Pd/c1-23-19-6-2-4-16(24-19)5-3-7-20-25-21(31-26-20)11-15(12-22(27)28)14-8-9-17-18(10-14)30-13-29-17;1-12-10-7-3-5-8(13-10)4-2-6-9(11)14-15;1-12-10-7-4-6-9(13-10)5-2-3-8-11;1-8-6-4-2-3-5(7)9-6;6-4-2-1-3-5(7)8-4;2*1-2;;/h2,4,6,8-10,15H,3,5,7,11-13H2,1H3,(H,23,24)(H,27,28);3,5,7,15H,2,4,6H2,1H3,(H2,11,14)(H,12,13);4,6-7H,2-3,5H2,1H3,(H,12,13);2-4H,1H3,(H,8,9);1-3H,(H2,7,8);1H3;2H,1H2;;/q;;;;;-1;;+1;. The summed E-state index contributed by atoms with van der Waals surface area (Å²) in [6.45, 7) is 0.171. The molecule has 0 saturated carbocycles. The maximum atomic E-state index is 11.4. The molecule has 0 saturated heterocycles. The Morgan fingerprint density at radius 3 is 1.66 bits per heavy atom. The van der Waals surface area contributed by atoms with Gasteiger partial charge in [0.25, 0.3) is 0 Å². The van der Waals surface area contributed by atoms with Crippen molar-refractivity contribution in [2.24, 2.45) is 16.8 Å². The molecule has 1 unspecified atom stereocenters. The number of rotatable bonds is 20. The molecule has 82 heavy (non-hydrogen) atoms. The molecule has 0 amide bonds. The molecule has 0 bridgehead atoms. The number of anilines is 5. The Balaban J connectivity index is 0.00000108. The van der Waals surface area contributed by atoms with Crippen LogP contribution in [0.2, 0.25) is 0 Å². The van der Waals surface area contributed by atoms with E-state index in [-0.39, 0.29) is 74.9 Å². The zero-order chi connectivity index (χ0) is 58.9. The van der Waals surface area contributed by atoms with Gasteiger partial charge in [-0.15, -0.1) is 0 Å². The van der Waals surface area contributed by atoms with E-state index in [0.717, 1.165) is 101 Å². The van der Waals surface area contributed by atoms with E-state index in [2.05, 4.69) is 105 Å². The second kappa shape index (κ2) is 46.0. The fraction of sp³-hybridized carbons (Fsp3) is 0.333. The summed E-state index contributed by atoms with van der Waals surface area (Å²) in [5.74, 6) is 8.88. The number of amidine groups is 1. The summed E-state index contributed by atoms with van der Waals surface area (Å²) in [4.78, 5) is 37.0. The smallest absolute Gasteiger partial charge is 0.857 e. The van der Waals surface area contributed by atoms with E-state index in [0.29, 0.717) is 54.7 Å². The van der Waals surface area contributed by atoms with Gasteiger partial charge in [-0.25, -0.2) is 30.8 Å². The Bertz CT molecular complexity index is 2910. The van der Waals surface area contributed by atoms with E-state index in [1.165, 1.54) is 0 Å². The van der Waals surface area contributed by atoms with Crippen molar-refractivity contribution in [2.75, 3.05) is 69.1 Å². The summed E-state index contributed by atoms with van der Waals surface area (Å²) in [5, 5.41) is 59.7. The van der Waals surface area contributed by atoms with Crippen LogP contribution in [0.1, 0.15) is 78.8 Å². The fourth-order valence-electron chi connectivity index (χ4n) is 6.89. The Morgan fingerprint density at radius 2 is 1.20 bits per heavy atom. The van der Waals surface area contributed by atoms with Crippen molar-refractivity contribution < 1.29 is 89.4 Å². The molecule has 440 valence electrons. The van der Waals surface area contributed by atoms with Gasteiger partial charge in [-0.3, -0.25) is 4.79 Å². The van der Waals surface area contributed by atoms with Crippen LogP contribution in [0.3, 0.4) is 0 Å². The Kier molecular flexibility index (Phi) is 42.3. The summed E-state index contributed by atoms with van der Waals surface area (Å²) < 4.78 is 17.8. The molecule has 1 aromatic carbocycles.